The first-order chi connectivity index (χ1) is 10.1. The monoisotopic (exact) mass is 329 g/mol. The van der Waals surface area contributed by atoms with Crippen LogP contribution in [0.5, 0.6) is 0 Å². The second-order valence-corrected chi connectivity index (χ2v) is 7.79. The van der Waals surface area contributed by atoms with Gasteiger partial charge in [0.15, 0.2) is 0 Å². The van der Waals surface area contributed by atoms with E-state index in [1.54, 1.807) is 8.61 Å². The first-order valence-electron chi connectivity index (χ1n) is 7.34. The lowest BCUT2D eigenvalue weighted by molar-refractivity contribution is 0.343. The Morgan fingerprint density at radius 3 is 2.05 bits per heavy atom. The van der Waals surface area contributed by atoms with Crippen LogP contribution >= 0.6 is 11.6 Å². The van der Waals surface area contributed by atoms with E-state index in [0.29, 0.717) is 44.3 Å². The van der Waals surface area contributed by atoms with E-state index in [-0.39, 0.29) is 0 Å². The van der Waals surface area contributed by atoms with E-state index in [9.17, 15) is 8.42 Å². The lowest BCUT2D eigenvalue weighted by atomic mass is 10.2. The summed E-state index contributed by atoms with van der Waals surface area (Å²) in [7, 11) is -3.27. The number of anilines is 1. The van der Waals surface area contributed by atoms with Crippen LogP contribution in [0.4, 0.5) is 5.69 Å². The van der Waals surface area contributed by atoms with E-state index in [1.807, 2.05) is 24.3 Å². The molecule has 1 aromatic rings. The van der Waals surface area contributed by atoms with Crippen LogP contribution in [0.2, 0.25) is 5.02 Å². The lowest BCUT2D eigenvalue weighted by Gasteiger charge is -2.37. The van der Waals surface area contributed by atoms with Gasteiger partial charge in [-0.1, -0.05) is 23.7 Å². The van der Waals surface area contributed by atoms with Gasteiger partial charge in [0.1, 0.15) is 0 Å². The van der Waals surface area contributed by atoms with E-state index in [0.717, 1.165) is 18.5 Å². The van der Waals surface area contributed by atoms with Gasteiger partial charge in [0.2, 0.25) is 0 Å². The van der Waals surface area contributed by atoms with Gasteiger partial charge in [-0.15, -0.1) is 0 Å². The minimum absolute atomic E-state index is 0.518. The topological polar surface area (TPSA) is 43.9 Å². The van der Waals surface area contributed by atoms with Crippen molar-refractivity contribution in [2.45, 2.75) is 12.8 Å². The molecule has 0 radical (unpaired) electrons. The van der Waals surface area contributed by atoms with Crippen molar-refractivity contribution >= 4 is 27.5 Å². The second kappa shape index (κ2) is 6.12. The largest absolute Gasteiger partial charge is 0.368 e. The normalized spacial score (nSPS) is 21.9. The average molecular weight is 330 g/mol. The third-order valence-corrected chi connectivity index (χ3v) is 6.50. The van der Waals surface area contributed by atoms with Crippen molar-refractivity contribution in [1.82, 2.24) is 8.61 Å². The maximum absolute atomic E-state index is 12.5. The molecule has 0 unspecified atom stereocenters. The first kappa shape index (κ1) is 15.1. The molecule has 2 fully saturated rings. The third kappa shape index (κ3) is 3.04. The number of hydrogen-bond acceptors (Lipinski definition) is 3. The highest BCUT2D eigenvalue weighted by Gasteiger charge is 2.33. The van der Waals surface area contributed by atoms with E-state index in [4.69, 9.17) is 11.6 Å². The van der Waals surface area contributed by atoms with E-state index in [2.05, 4.69) is 4.90 Å². The molecule has 0 saturated carbocycles. The molecule has 2 aliphatic rings. The zero-order chi connectivity index (χ0) is 14.9. The fraction of sp³-hybridized carbons (Fsp3) is 0.571. The smallest absolute Gasteiger partial charge is 0.282 e. The summed E-state index contributed by atoms with van der Waals surface area (Å²) in [4.78, 5) is 2.15. The number of hydrogen-bond donors (Lipinski definition) is 0. The number of piperazine rings is 1. The summed E-state index contributed by atoms with van der Waals surface area (Å²) in [6.45, 7) is 3.71. The molecule has 1 aromatic carbocycles. The van der Waals surface area contributed by atoms with E-state index in [1.165, 1.54) is 0 Å². The van der Waals surface area contributed by atoms with Gasteiger partial charge >= 0.3 is 0 Å². The first-order valence-corrected chi connectivity index (χ1v) is 9.11. The molecule has 0 atom stereocenters. The fourth-order valence-electron chi connectivity index (χ4n) is 2.95. The maximum Gasteiger partial charge on any atom is 0.282 e. The molecule has 0 N–H and O–H groups in total. The van der Waals surface area contributed by atoms with Gasteiger partial charge in [-0.05, 0) is 25.0 Å². The highest BCUT2D eigenvalue weighted by molar-refractivity contribution is 7.86. The Morgan fingerprint density at radius 1 is 0.857 bits per heavy atom. The van der Waals surface area contributed by atoms with Crippen LogP contribution < -0.4 is 4.90 Å². The average Bonchev–Trinajstić information content (AvgIpc) is 3.03. The molecule has 7 heteroatoms. The Hall–Kier alpha value is -0.820. The van der Waals surface area contributed by atoms with Crippen LogP contribution in [-0.2, 0) is 10.2 Å². The zero-order valence-corrected chi connectivity index (χ0v) is 13.5. The van der Waals surface area contributed by atoms with Crippen molar-refractivity contribution in [1.29, 1.82) is 0 Å². The summed E-state index contributed by atoms with van der Waals surface area (Å²) in [5.74, 6) is 0. The fourth-order valence-corrected chi connectivity index (χ4v) is 4.88. The zero-order valence-electron chi connectivity index (χ0n) is 11.9. The molecule has 3 rings (SSSR count). The molecular weight excluding hydrogens is 310 g/mol. The minimum Gasteiger partial charge on any atom is -0.368 e. The Bertz CT molecular complexity index is 594. The predicted octanol–water partition coefficient (Wildman–Crippen LogP) is 1.80. The standard InChI is InChI=1S/C14H20ClN3O2S/c15-13-5-1-2-6-14(13)16-9-11-18(12-10-16)21(19,20)17-7-3-4-8-17/h1-2,5-6H,3-4,7-12H2. The van der Waals surface area contributed by atoms with Crippen LogP contribution in [0, 0.1) is 0 Å². The summed E-state index contributed by atoms with van der Waals surface area (Å²) < 4.78 is 28.2. The SMILES string of the molecule is O=S(=O)(N1CCCC1)N1CCN(c2ccccc2Cl)CC1. The third-order valence-electron chi connectivity index (χ3n) is 4.15. The Kier molecular flexibility index (Phi) is 4.40. The van der Waals surface area contributed by atoms with Crippen molar-refractivity contribution in [3.63, 3.8) is 0 Å². The minimum atomic E-state index is -3.27. The molecule has 0 aromatic heterocycles. The summed E-state index contributed by atoms with van der Waals surface area (Å²) in [6.07, 6.45) is 1.94. The van der Waals surface area contributed by atoms with Gasteiger partial charge in [-0.3, -0.25) is 0 Å². The molecule has 5 nitrogen and oxygen atoms in total. The van der Waals surface area contributed by atoms with Crippen LogP contribution in [0.25, 0.3) is 0 Å². The van der Waals surface area contributed by atoms with E-state index >= 15 is 0 Å². The van der Waals surface area contributed by atoms with Gasteiger partial charge < -0.3 is 4.90 Å². The number of nitrogens with zero attached hydrogens (tertiary/aromatic N) is 3. The second-order valence-electron chi connectivity index (χ2n) is 5.45. The molecule has 0 amide bonds. The highest BCUT2D eigenvalue weighted by atomic mass is 35.5. The molecule has 0 aliphatic carbocycles. The van der Waals surface area contributed by atoms with Crippen LogP contribution in [-0.4, -0.2) is 56.3 Å². The van der Waals surface area contributed by atoms with E-state index < -0.39 is 10.2 Å². The molecular formula is C14H20ClN3O2S. The summed E-state index contributed by atoms with van der Waals surface area (Å²) in [5.41, 5.74) is 0.984. The van der Waals surface area contributed by atoms with Crippen molar-refractivity contribution in [2.75, 3.05) is 44.2 Å². The predicted molar refractivity (Wildman–Crippen MR) is 85.0 cm³/mol. The number of benzene rings is 1. The van der Waals surface area contributed by atoms with Gasteiger partial charge in [-0.25, -0.2) is 0 Å². The van der Waals surface area contributed by atoms with Crippen molar-refractivity contribution in [3.05, 3.63) is 29.3 Å². The molecule has 0 bridgehead atoms. The van der Waals surface area contributed by atoms with Gasteiger partial charge in [-0.2, -0.15) is 17.0 Å². The Balaban J connectivity index is 1.66. The summed E-state index contributed by atoms with van der Waals surface area (Å²) in [6, 6.07) is 7.70. The number of halogens is 1. The quantitative estimate of drug-likeness (QED) is 0.849. The summed E-state index contributed by atoms with van der Waals surface area (Å²) >= 11 is 6.21. The number of para-hydroxylation sites is 1. The highest BCUT2D eigenvalue weighted by Crippen LogP contribution is 2.27. The molecule has 116 valence electrons. The maximum atomic E-state index is 12.5. The summed E-state index contributed by atoms with van der Waals surface area (Å²) in [5, 5.41) is 0.716. The van der Waals surface area contributed by atoms with Gasteiger partial charge in [0.25, 0.3) is 10.2 Å². The molecule has 2 aliphatic heterocycles. The Morgan fingerprint density at radius 2 is 1.43 bits per heavy atom. The molecule has 0 spiro atoms. The lowest BCUT2D eigenvalue weighted by Crippen LogP contribution is -2.52. The van der Waals surface area contributed by atoms with Crippen LogP contribution in [0.15, 0.2) is 24.3 Å². The van der Waals surface area contributed by atoms with Gasteiger partial charge in [0.05, 0.1) is 10.7 Å². The number of rotatable bonds is 3. The van der Waals surface area contributed by atoms with Gasteiger partial charge in [0, 0.05) is 39.3 Å². The molecule has 2 saturated heterocycles. The van der Waals surface area contributed by atoms with Crippen LogP contribution in [0.3, 0.4) is 0 Å². The Labute approximate surface area is 131 Å². The van der Waals surface area contributed by atoms with Crippen LogP contribution in [0.1, 0.15) is 12.8 Å². The van der Waals surface area contributed by atoms with Crippen molar-refractivity contribution < 1.29 is 8.42 Å². The van der Waals surface area contributed by atoms with Crippen molar-refractivity contribution in [3.8, 4) is 0 Å². The molecule has 21 heavy (non-hydrogen) atoms. The van der Waals surface area contributed by atoms with Crippen molar-refractivity contribution in [2.24, 2.45) is 0 Å². The molecule has 2 heterocycles.